The van der Waals surface area contributed by atoms with Crippen molar-refractivity contribution in [1.82, 2.24) is 14.8 Å². The zero-order valence-electron chi connectivity index (χ0n) is 14.8. The van der Waals surface area contributed by atoms with Crippen LogP contribution < -0.4 is 4.90 Å². The number of nitrogens with zero attached hydrogens (tertiary/aromatic N) is 5. The molecule has 5 heterocycles. The summed E-state index contributed by atoms with van der Waals surface area (Å²) in [4.78, 5) is 12.4. The minimum Gasteiger partial charge on any atom is -0.353 e. The Labute approximate surface area is 144 Å². The highest BCUT2D eigenvalue weighted by atomic mass is 15.3. The topological polar surface area (TPSA) is 46.4 Å². The number of aromatic nitrogens is 1. The molecule has 1 aromatic heterocycles. The SMILES string of the molecule is Cc1cc(C#N)c(N2CCN([C@H]3CN4CCC3CC4)CC2)nc1C. The molecule has 0 aromatic carbocycles. The van der Waals surface area contributed by atoms with Gasteiger partial charge in [-0.25, -0.2) is 4.98 Å². The lowest BCUT2D eigenvalue weighted by molar-refractivity contribution is 0.00306. The minimum atomic E-state index is 0.717. The number of piperidine rings is 3. The van der Waals surface area contributed by atoms with Gasteiger partial charge in [0.15, 0.2) is 0 Å². The summed E-state index contributed by atoms with van der Waals surface area (Å²) >= 11 is 0. The molecule has 0 radical (unpaired) electrons. The molecular weight excluding hydrogens is 298 g/mol. The van der Waals surface area contributed by atoms with Gasteiger partial charge < -0.3 is 9.80 Å². The van der Waals surface area contributed by atoms with E-state index in [1.165, 1.54) is 32.5 Å². The zero-order valence-corrected chi connectivity index (χ0v) is 14.8. The van der Waals surface area contributed by atoms with E-state index in [4.69, 9.17) is 4.98 Å². The highest BCUT2D eigenvalue weighted by Gasteiger charge is 2.38. The number of hydrogen-bond acceptors (Lipinski definition) is 5. The number of fused-ring (bicyclic) bond motifs is 3. The van der Waals surface area contributed by atoms with E-state index in [1.54, 1.807) is 0 Å². The minimum absolute atomic E-state index is 0.717. The van der Waals surface area contributed by atoms with Crippen molar-refractivity contribution >= 4 is 5.82 Å². The summed E-state index contributed by atoms with van der Waals surface area (Å²) < 4.78 is 0. The van der Waals surface area contributed by atoms with Crippen molar-refractivity contribution in [3.05, 3.63) is 22.9 Å². The van der Waals surface area contributed by atoms with E-state index in [9.17, 15) is 5.26 Å². The van der Waals surface area contributed by atoms with Crippen LogP contribution in [0.4, 0.5) is 5.82 Å². The quantitative estimate of drug-likeness (QED) is 0.829. The average molecular weight is 325 g/mol. The highest BCUT2D eigenvalue weighted by Crippen LogP contribution is 2.32. The van der Waals surface area contributed by atoms with Crippen molar-refractivity contribution in [2.75, 3.05) is 50.7 Å². The van der Waals surface area contributed by atoms with Crippen molar-refractivity contribution in [2.24, 2.45) is 5.92 Å². The fraction of sp³-hybridized carbons (Fsp3) is 0.684. The normalized spacial score (nSPS) is 30.4. The van der Waals surface area contributed by atoms with Crippen molar-refractivity contribution < 1.29 is 0 Å². The molecule has 0 amide bonds. The first kappa shape index (κ1) is 15.9. The Hall–Kier alpha value is -1.64. The fourth-order valence-electron chi connectivity index (χ4n) is 4.63. The van der Waals surface area contributed by atoms with Gasteiger partial charge in [0.05, 0.1) is 5.56 Å². The van der Waals surface area contributed by atoms with E-state index in [1.807, 2.05) is 19.9 Å². The first-order valence-electron chi connectivity index (χ1n) is 9.25. The van der Waals surface area contributed by atoms with Gasteiger partial charge in [-0.05, 0) is 57.3 Å². The molecule has 4 saturated heterocycles. The van der Waals surface area contributed by atoms with Crippen LogP contribution in [0.2, 0.25) is 0 Å². The second-order valence-electron chi connectivity index (χ2n) is 7.60. The van der Waals surface area contributed by atoms with Crippen LogP contribution in [0.5, 0.6) is 0 Å². The predicted molar refractivity (Wildman–Crippen MR) is 95.2 cm³/mol. The zero-order chi connectivity index (χ0) is 16.7. The second kappa shape index (κ2) is 6.34. The first-order chi connectivity index (χ1) is 11.7. The van der Waals surface area contributed by atoms with Gasteiger partial charge >= 0.3 is 0 Å². The van der Waals surface area contributed by atoms with Crippen LogP contribution in [0.1, 0.15) is 29.7 Å². The molecule has 5 rings (SSSR count). The molecule has 1 aromatic rings. The maximum absolute atomic E-state index is 9.46. The molecule has 4 aliphatic rings. The molecule has 0 aliphatic carbocycles. The molecular formula is C19H27N5. The smallest absolute Gasteiger partial charge is 0.146 e. The maximum atomic E-state index is 9.46. The molecule has 0 spiro atoms. The largest absolute Gasteiger partial charge is 0.353 e. The van der Waals surface area contributed by atoms with E-state index in [2.05, 4.69) is 20.8 Å². The second-order valence-corrected chi connectivity index (χ2v) is 7.60. The van der Waals surface area contributed by atoms with Crippen LogP contribution in [-0.2, 0) is 0 Å². The maximum Gasteiger partial charge on any atom is 0.146 e. The third-order valence-electron chi connectivity index (χ3n) is 6.27. The molecule has 4 aliphatic heterocycles. The summed E-state index contributed by atoms with van der Waals surface area (Å²) in [5, 5.41) is 9.46. The van der Waals surface area contributed by atoms with E-state index in [0.717, 1.165) is 60.8 Å². The summed E-state index contributed by atoms with van der Waals surface area (Å²) in [5.41, 5.74) is 2.85. The number of hydrogen-bond donors (Lipinski definition) is 0. The first-order valence-corrected chi connectivity index (χ1v) is 9.25. The van der Waals surface area contributed by atoms with E-state index in [0.29, 0.717) is 0 Å². The Morgan fingerprint density at radius 3 is 2.38 bits per heavy atom. The van der Waals surface area contributed by atoms with Crippen LogP contribution in [0.25, 0.3) is 0 Å². The van der Waals surface area contributed by atoms with Gasteiger partial charge in [0, 0.05) is 44.5 Å². The average Bonchev–Trinajstić information content (AvgIpc) is 2.64. The van der Waals surface area contributed by atoms with Gasteiger partial charge in [-0.1, -0.05) is 0 Å². The number of rotatable bonds is 2. The van der Waals surface area contributed by atoms with Gasteiger partial charge in [0.2, 0.25) is 0 Å². The number of pyridine rings is 1. The molecule has 24 heavy (non-hydrogen) atoms. The Bertz CT molecular complexity index is 648. The Balaban J connectivity index is 1.45. The molecule has 128 valence electrons. The van der Waals surface area contributed by atoms with Crippen LogP contribution in [0.15, 0.2) is 6.07 Å². The fourth-order valence-corrected chi connectivity index (χ4v) is 4.63. The molecule has 5 nitrogen and oxygen atoms in total. The van der Waals surface area contributed by atoms with Crippen molar-refractivity contribution in [1.29, 1.82) is 5.26 Å². The van der Waals surface area contributed by atoms with Gasteiger partial charge in [0.1, 0.15) is 11.9 Å². The van der Waals surface area contributed by atoms with E-state index >= 15 is 0 Å². The number of anilines is 1. The van der Waals surface area contributed by atoms with Crippen LogP contribution >= 0.6 is 0 Å². The van der Waals surface area contributed by atoms with Crippen molar-refractivity contribution in [3.63, 3.8) is 0 Å². The molecule has 2 bridgehead atoms. The molecule has 5 heteroatoms. The molecule has 0 unspecified atom stereocenters. The summed E-state index contributed by atoms with van der Waals surface area (Å²) in [6.07, 6.45) is 2.75. The lowest BCUT2D eigenvalue weighted by Crippen LogP contribution is -2.61. The van der Waals surface area contributed by atoms with Crippen molar-refractivity contribution in [3.8, 4) is 6.07 Å². The van der Waals surface area contributed by atoms with E-state index < -0.39 is 0 Å². The Kier molecular flexibility index (Phi) is 4.19. The summed E-state index contributed by atoms with van der Waals surface area (Å²) in [5.74, 6) is 1.78. The highest BCUT2D eigenvalue weighted by molar-refractivity contribution is 5.56. The lowest BCUT2D eigenvalue weighted by Gasteiger charge is -2.51. The molecule has 1 atom stereocenters. The number of aryl methyl sites for hydroxylation is 2. The van der Waals surface area contributed by atoms with Crippen LogP contribution in [0.3, 0.4) is 0 Å². The molecule has 0 N–H and O–H groups in total. The monoisotopic (exact) mass is 325 g/mol. The molecule has 0 saturated carbocycles. The van der Waals surface area contributed by atoms with Crippen LogP contribution in [0, 0.1) is 31.1 Å². The van der Waals surface area contributed by atoms with E-state index in [-0.39, 0.29) is 0 Å². The number of piperazine rings is 1. The number of nitriles is 1. The van der Waals surface area contributed by atoms with Gasteiger partial charge in [-0.15, -0.1) is 0 Å². The molecule has 4 fully saturated rings. The standard InChI is InChI=1S/C19H27N5/c1-14-11-17(12-20)19(21-15(14)2)24-9-7-23(8-10-24)18-13-22-5-3-16(18)4-6-22/h11,16,18H,3-10,13H2,1-2H3/t18-/m0/s1. The third kappa shape index (κ3) is 2.78. The van der Waals surface area contributed by atoms with Gasteiger partial charge in [0.25, 0.3) is 0 Å². The summed E-state index contributed by atoms with van der Waals surface area (Å²) in [6, 6.07) is 5.06. The predicted octanol–water partition coefficient (Wildman–Crippen LogP) is 1.79. The summed E-state index contributed by atoms with van der Waals surface area (Å²) in [6.45, 7) is 12.1. The van der Waals surface area contributed by atoms with Crippen molar-refractivity contribution in [2.45, 2.75) is 32.7 Å². The van der Waals surface area contributed by atoms with Gasteiger partial charge in [-0.2, -0.15) is 5.26 Å². The lowest BCUT2D eigenvalue weighted by atomic mass is 9.83. The van der Waals surface area contributed by atoms with Crippen LogP contribution in [-0.4, -0.2) is 66.6 Å². The summed E-state index contributed by atoms with van der Waals surface area (Å²) in [7, 11) is 0. The van der Waals surface area contributed by atoms with Gasteiger partial charge in [-0.3, -0.25) is 4.90 Å². The Morgan fingerprint density at radius 1 is 1.08 bits per heavy atom. The third-order valence-corrected chi connectivity index (χ3v) is 6.27. The Morgan fingerprint density at radius 2 is 1.79 bits per heavy atom.